The van der Waals surface area contributed by atoms with Gasteiger partial charge >= 0.3 is 0 Å². The normalized spacial score (nSPS) is 8.89. The molecule has 0 saturated carbocycles. The lowest BCUT2D eigenvalue weighted by atomic mass is 10.4. The third kappa shape index (κ3) is 7.37. The second kappa shape index (κ2) is 7.37. The highest BCUT2D eigenvalue weighted by molar-refractivity contribution is 5.49. The van der Waals surface area contributed by atoms with E-state index >= 15 is 0 Å². The topological polar surface area (TPSA) is 29.1 Å². The highest BCUT2D eigenvalue weighted by Gasteiger charge is 1.81. The lowest BCUT2D eigenvalue weighted by molar-refractivity contribution is -0.107. The van der Waals surface area contributed by atoms with Crippen LogP contribution in [-0.4, -0.2) is 19.4 Å². The van der Waals surface area contributed by atoms with Gasteiger partial charge in [-0.1, -0.05) is 6.08 Å². The Morgan fingerprint density at radius 3 is 2.56 bits per heavy atom. The quantitative estimate of drug-likeness (QED) is 0.324. The molecular formula is C7H13NO. The van der Waals surface area contributed by atoms with Gasteiger partial charge in [0.25, 0.3) is 0 Å². The molecule has 0 unspecified atom stereocenters. The third-order valence-electron chi connectivity index (χ3n) is 0.964. The van der Waals surface area contributed by atoms with Crippen molar-refractivity contribution in [3.8, 4) is 0 Å². The molecule has 0 aromatic carbocycles. The van der Waals surface area contributed by atoms with Gasteiger partial charge < -0.3 is 10.1 Å². The van der Waals surface area contributed by atoms with E-state index in [2.05, 4.69) is 11.9 Å². The predicted octanol–water partition coefficient (Wildman–Crippen LogP) is 0.741. The molecule has 0 amide bonds. The summed E-state index contributed by atoms with van der Waals surface area (Å²) in [6.45, 7) is 5.29. The molecule has 0 fully saturated rings. The van der Waals surface area contributed by atoms with Crippen LogP contribution in [0.2, 0.25) is 0 Å². The van der Waals surface area contributed by atoms with Crippen LogP contribution in [0.3, 0.4) is 0 Å². The summed E-state index contributed by atoms with van der Waals surface area (Å²) in [7, 11) is 0. The molecule has 0 bridgehead atoms. The summed E-state index contributed by atoms with van der Waals surface area (Å²) in [6, 6.07) is 0. The molecule has 0 aromatic heterocycles. The highest BCUT2D eigenvalue weighted by Crippen LogP contribution is 1.74. The molecule has 0 aliphatic carbocycles. The number of carbonyl (C=O) groups is 1. The maximum absolute atomic E-state index is 9.78. The van der Waals surface area contributed by atoms with Crippen molar-refractivity contribution in [3.05, 3.63) is 12.7 Å². The Morgan fingerprint density at radius 1 is 1.33 bits per heavy atom. The van der Waals surface area contributed by atoms with E-state index in [0.29, 0.717) is 6.42 Å². The molecule has 0 saturated heterocycles. The van der Waals surface area contributed by atoms with Gasteiger partial charge in [-0.25, -0.2) is 0 Å². The maximum Gasteiger partial charge on any atom is 0.121 e. The molecule has 0 heterocycles. The van der Waals surface area contributed by atoms with Gasteiger partial charge in [-0.2, -0.15) is 0 Å². The summed E-state index contributed by atoms with van der Waals surface area (Å²) in [5.74, 6) is 0. The molecule has 0 atom stereocenters. The third-order valence-corrected chi connectivity index (χ3v) is 0.964. The Balaban J connectivity index is 2.74. The van der Waals surface area contributed by atoms with Gasteiger partial charge in [0.15, 0.2) is 0 Å². The molecule has 2 nitrogen and oxygen atoms in total. The van der Waals surface area contributed by atoms with Crippen molar-refractivity contribution in [2.24, 2.45) is 0 Å². The van der Waals surface area contributed by atoms with Gasteiger partial charge in [0.1, 0.15) is 6.29 Å². The van der Waals surface area contributed by atoms with Gasteiger partial charge in [0, 0.05) is 13.0 Å². The van der Waals surface area contributed by atoms with Crippen molar-refractivity contribution in [1.82, 2.24) is 5.32 Å². The van der Waals surface area contributed by atoms with Crippen LogP contribution in [0.4, 0.5) is 0 Å². The van der Waals surface area contributed by atoms with E-state index in [1.165, 1.54) is 0 Å². The molecule has 0 radical (unpaired) electrons. The number of hydrogen-bond donors (Lipinski definition) is 1. The van der Waals surface area contributed by atoms with E-state index in [0.717, 1.165) is 25.8 Å². The number of aldehydes is 1. The van der Waals surface area contributed by atoms with Gasteiger partial charge in [-0.3, -0.25) is 0 Å². The Labute approximate surface area is 56.0 Å². The first-order chi connectivity index (χ1) is 4.41. The maximum atomic E-state index is 9.78. The molecule has 0 aliphatic rings. The van der Waals surface area contributed by atoms with Gasteiger partial charge in [-0.15, -0.1) is 6.58 Å². The van der Waals surface area contributed by atoms with Gasteiger partial charge in [-0.05, 0) is 13.0 Å². The SMILES string of the molecule is C=CCCNCCC=O. The van der Waals surface area contributed by atoms with E-state index in [1.54, 1.807) is 0 Å². The van der Waals surface area contributed by atoms with Crippen molar-refractivity contribution >= 4 is 6.29 Å². The summed E-state index contributed by atoms with van der Waals surface area (Å²) in [5, 5.41) is 3.08. The number of carbonyl (C=O) groups excluding carboxylic acids is 1. The van der Waals surface area contributed by atoms with E-state index in [-0.39, 0.29) is 0 Å². The fraction of sp³-hybridized carbons (Fsp3) is 0.571. The van der Waals surface area contributed by atoms with E-state index in [1.807, 2.05) is 6.08 Å². The van der Waals surface area contributed by atoms with E-state index < -0.39 is 0 Å². The van der Waals surface area contributed by atoms with Crippen molar-refractivity contribution in [1.29, 1.82) is 0 Å². The average molecular weight is 127 g/mol. The van der Waals surface area contributed by atoms with Crippen LogP contribution >= 0.6 is 0 Å². The molecule has 2 heteroatoms. The molecule has 1 N–H and O–H groups in total. The Bertz CT molecular complexity index is 71.0. The molecule has 0 aliphatic heterocycles. The Morgan fingerprint density at radius 2 is 2.00 bits per heavy atom. The summed E-state index contributed by atoms with van der Waals surface area (Å²) in [4.78, 5) is 9.78. The minimum absolute atomic E-state index is 0.608. The van der Waals surface area contributed by atoms with Crippen molar-refractivity contribution in [2.75, 3.05) is 13.1 Å². The largest absolute Gasteiger partial charge is 0.316 e. The monoisotopic (exact) mass is 127 g/mol. The molecular weight excluding hydrogens is 114 g/mol. The zero-order chi connectivity index (χ0) is 6.95. The summed E-state index contributed by atoms with van der Waals surface area (Å²) in [6.07, 6.45) is 4.35. The Hall–Kier alpha value is -0.630. The standard InChI is InChI=1S/C7H13NO/c1-2-3-5-8-6-4-7-9/h2,7-8H,1,3-6H2. The zero-order valence-corrected chi connectivity index (χ0v) is 5.60. The van der Waals surface area contributed by atoms with Crippen LogP contribution in [0.15, 0.2) is 12.7 Å². The molecule has 52 valence electrons. The molecule has 0 spiro atoms. The molecule has 9 heavy (non-hydrogen) atoms. The zero-order valence-electron chi connectivity index (χ0n) is 5.60. The van der Waals surface area contributed by atoms with E-state index in [4.69, 9.17) is 0 Å². The molecule has 0 rings (SSSR count). The fourth-order valence-electron chi connectivity index (χ4n) is 0.490. The lowest BCUT2D eigenvalue weighted by Gasteiger charge is -1.96. The summed E-state index contributed by atoms with van der Waals surface area (Å²) < 4.78 is 0. The average Bonchev–Trinajstić information content (AvgIpc) is 1.89. The van der Waals surface area contributed by atoms with Crippen molar-refractivity contribution in [3.63, 3.8) is 0 Å². The number of rotatable bonds is 6. The highest BCUT2D eigenvalue weighted by atomic mass is 16.1. The van der Waals surface area contributed by atoms with Crippen LogP contribution in [0.5, 0.6) is 0 Å². The summed E-state index contributed by atoms with van der Waals surface area (Å²) in [5.41, 5.74) is 0. The van der Waals surface area contributed by atoms with Crippen LogP contribution in [0, 0.1) is 0 Å². The fourth-order valence-corrected chi connectivity index (χ4v) is 0.490. The van der Waals surface area contributed by atoms with Crippen LogP contribution in [-0.2, 0) is 4.79 Å². The van der Waals surface area contributed by atoms with Crippen molar-refractivity contribution < 1.29 is 4.79 Å². The first-order valence-corrected chi connectivity index (χ1v) is 3.17. The van der Waals surface area contributed by atoms with Crippen LogP contribution in [0.1, 0.15) is 12.8 Å². The van der Waals surface area contributed by atoms with Gasteiger partial charge in [0.05, 0.1) is 0 Å². The Kier molecular flexibility index (Phi) is 6.85. The van der Waals surface area contributed by atoms with E-state index in [9.17, 15) is 4.79 Å². The number of nitrogens with one attached hydrogen (secondary N) is 1. The van der Waals surface area contributed by atoms with Crippen LogP contribution in [0.25, 0.3) is 0 Å². The smallest absolute Gasteiger partial charge is 0.121 e. The van der Waals surface area contributed by atoms with Crippen LogP contribution < -0.4 is 5.32 Å². The minimum Gasteiger partial charge on any atom is -0.316 e. The first-order valence-electron chi connectivity index (χ1n) is 3.17. The second-order valence-electron chi connectivity index (χ2n) is 1.78. The minimum atomic E-state index is 0.608. The first kappa shape index (κ1) is 8.37. The molecule has 0 aromatic rings. The number of hydrogen-bond acceptors (Lipinski definition) is 2. The van der Waals surface area contributed by atoms with Crippen molar-refractivity contribution in [2.45, 2.75) is 12.8 Å². The predicted molar refractivity (Wildman–Crippen MR) is 38.4 cm³/mol. The van der Waals surface area contributed by atoms with Gasteiger partial charge in [0.2, 0.25) is 0 Å². The second-order valence-corrected chi connectivity index (χ2v) is 1.78. The summed E-state index contributed by atoms with van der Waals surface area (Å²) >= 11 is 0. The lowest BCUT2D eigenvalue weighted by Crippen LogP contribution is -2.16.